The van der Waals surface area contributed by atoms with Gasteiger partial charge in [-0.1, -0.05) is 18.2 Å². The molecule has 0 aliphatic rings. The van der Waals surface area contributed by atoms with Gasteiger partial charge in [0.05, 0.1) is 11.9 Å². The molecule has 1 aromatic rings. The van der Waals surface area contributed by atoms with E-state index in [1.165, 1.54) is 3.69 Å². The molecule has 1 aromatic carbocycles. The van der Waals surface area contributed by atoms with E-state index in [1.807, 2.05) is 38.1 Å². The zero-order chi connectivity index (χ0) is 8.97. The lowest BCUT2D eigenvalue weighted by molar-refractivity contribution is 0.244. The second-order valence-electron chi connectivity index (χ2n) is 2.91. The largest absolute Gasteiger partial charge is 0.543 e. The van der Waals surface area contributed by atoms with Gasteiger partial charge in [0.25, 0.3) is 0 Å². The summed E-state index contributed by atoms with van der Waals surface area (Å²) in [6, 6.07) is 7.99. The summed E-state index contributed by atoms with van der Waals surface area (Å²) >= 11 is -0.633. The van der Waals surface area contributed by atoms with E-state index in [4.69, 9.17) is 13.8 Å². The van der Waals surface area contributed by atoms with Crippen molar-refractivity contribution in [1.29, 1.82) is 0 Å². The van der Waals surface area contributed by atoms with Crippen LogP contribution >= 0.6 is 9.07 Å². The average Bonchev–Trinajstić information content (AvgIpc) is 2.04. The van der Waals surface area contributed by atoms with Gasteiger partial charge in [-0.25, -0.2) is 0 Å². The molecule has 0 heterocycles. The molecule has 0 aliphatic carbocycles. The fourth-order valence-electron chi connectivity index (χ4n) is 0.983. The molecule has 0 bridgehead atoms. The second kappa shape index (κ2) is 4.95. The molecule has 0 spiro atoms. The molecule has 0 radical (unpaired) electrons. The van der Waals surface area contributed by atoms with Crippen molar-refractivity contribution in [3.63, 3.8) is 0 Å². The van der Waals surface area contributed by atoms with Gasteiger partial charge in [-0.3, -0.25) is 0 Å². The number of hydrogen-bond donors (Lipinski definition) is 0. The Labute approximate surface area is 86.6 Å². The Bertz CT molecular complexity index is 250. The first-order valence-electron chi connectivity index (χ1n) is 4.04. The van der Waals surface area contributed by atoms with Crippen LogP contribution in [0.2, 0.25) is 0 Å². The molecule has 0 fully saturated rings. The fraction of sp³-hybridized carbons (Fsp3) is 0.333. The van der Waals surface area contributed by atoms with Gasteiger partial charge in [-0.05, 0) is 19.9 Å². The summed E-state index contributed by atoms with van der Waals surface area (Å²) < 4.78 is 6.77. The van der Waals surface area contributed by atoms with Gasteiger partial charge < -0.3 is 13.8 Å². The molecule has 0 aromatic heterocycles. The first-order valence-corrected chi connectivity index (χ1v) is 6.89. The van der Waals surface area contributed by atoms with E-state index in [0.29, 0.717) is 0 Å². The minimum absolute atomic E-state index is 0.225. The van der Waals surface area contributed by atoms with Gasteiger partial charge in [0.15, 0.2) is 0 Å². The van der Waals surface area contributed by atoms with Crippen LogP contribution in [0, 0.1) is 0 Å². The summed E-state index contributed by atoms with van der Waals surface area (Å²) in [5.41, 5.74) is 0. The van der Waals surface area contributed by atoms with Crippen LogP contribution in [-0.2, 0) is 0 Å². The highest BCUT2D eigenvalue weighted by Crippen LogP contribution is 2.08. The predicted molar refractivity (Wildman–Crippen MR) is 53.4 cm³/mol. The van der Waals surface area contributed by atoms with E-state index in [0.717, 1.165) is 5.75 Å². The Hall–Kier alpha value is 0.0762. The monoisotopic (exact) mass is 194 g/mol. The molecular formula is C9H11ClMgO. The van der Waals surface area contributed by atoms with E-state index in [-0.39, 0.29) is 6.10 Å². The molecule has 3 heteroatoms. The van der Waals surface area contributed by atoms with E-state index in [1.54, 1.807) is 0 Å². The van der Waals surface area contributed by atoms with Crippen molar-refractivity contribution in [2.45, 2.75) is 20.0 Å². The summed E-state index contributed by atoms with van der Waals surface area (Å²) in [5, 5.41) is 0. The van der Waals surface area contributed by atoms with E-state index in [9.17, 15) is 0 Å². The van der Waals surface area contributed by atoms with E-state index in [2.05, 4.69) is 0 Å². The molecular weight excluding hydrogens is 184 g/mol. The highest BCUT2D eigenvalue weighted by molar-refractivity contribution is 7.01. The minimum atomic E-state index is -0.633. The third-order valence-electron chi connectivity index (χ3n) is 1.48. The normalized spacial score (nSPS) is 9.67. The van der Waals surface area contributed by atoms with Crippen molar-refractivity contribution in [3.8, 4) is 5.75 Å². The van der Waals surface area contributed by atoms with Gasteiger partial charge in [0, 0.05) is 0 Å². The molecule has 62 valence electrons. The molecule has 0 saturated heterocycles. The van der Waals surface area contributed by atoms with Gasteiger partial charge in [0.1, 0.15) is 0 Å². The molecule has 12 heavy (non-hydrogen) atoms. The second-order valence-corrected chi connectivity index (χ2v) is 4.74. The van der Waals surface area contributed by atoms with Crippen LogP contribution in [0.3, 0.4) is 0 Å². The number of hydrogen-bond acceptors (Lipinski definition) is 1. The first kappa shape index (κ1) is 10.2. The zero-order valence-electron chi connectivity index (χ0n) is 7.38. The molecule has 1 rings (SSSR count). The van der Waals surface area contributed by atoms with Gasteiger partial charge in [-0.15, -0.1) is 3.69 Å². The molecule has 0 amide bonds. The minimum Gasteiger partial charge on any atom is -0.493 e. The molecule has 0 unspecified atom stereocenters. The van der Waals surface area contributed by atoms with E-state index < -0.39 is 19.3 Å². The summed E-state index contributed by atoms with van der Waals surface area (Å²) in [5.74, 6) is 0.953. The third kappa shape index (κ3) is 2.85. The van der Waals surface area contributed by atoms with E-state index >= 15 is 0 Å². The molecule has 0 aliphatic heterocycles. The van der Waals surface area contributed by atoms with Crippen molar-refractivity contribution >= 4 is 32.0 Å². The maximum atomic E-state index is 5.87. The SMILES string of the molecule is CC(C)Oc1cccc[c]1[Mg][Cl]. The van der Waals surface area contributed by atoms with Gasteiger partial charge >= 0.3 is 19.3 Å². The van der Waals surface area contributed by atoms with Crippen LogP contribution in [0.25, 0.3) is 0 Å². The standard InChI is InChI=1S/C9H11O.ClH.Mg/c1-8(2)10-9-6-4-3-5-7-9;;/h3-6,8H,1-2H3;1H;/q;;+1/p-1. The Kier molecular flexibility index (Phi) is 4.19. The van der Waals surface area contributed by atoms with Crippen molar-refractivity contribution < 1.29 is 4.74 Å². The maximum Gasteiger partial charge on any atom is 0.543 e. The van der Waals surface area contributed by atoms with Gasteiger partial charge in [-0.2, -0.15) is 0 Å². The lowest BCUT2D eigenvalue weighted by atomic mass is 10.3. The van der Waals surface area contributed by atoms with Crippen molar-refractivity contribution in [1.82, 2.24) is 0 Å². The number of para-hydroxylation sites is 1. The molecule has 0 N–H and O–H groups in total. The van der Waals surface area contributed by atoms with Crippen LogP contribution in [0.15, 0.2) is 24.3 Å². The number of rotatable bonds is 3. The smallest absolute Gasteiger partial charge is 0.493 e. The van der Waals surface area contributed by atoms with Crippen molar-refractivity contribution in [2.24, 2.45) is 0 Å². The summed E-state index contributed by atoms with van der Waals surface area (Å²) in [7, 11) is 5.87. The Balaban J connectivity index is 2.82. The molecule has 0 saturated carbocycles. The number of ether oxygens (including phenoxy) is 1. The first-order chi connectivity index (χ1) is 5.74. The summed E-state index contributed by atoms with van der Waals surface area (Å²) in [6.45, 7) is 4.04. The van der Waals surface area contributed by atoms with Crippen molar-refractivity contribution in [2.75, 3.05) is 0 Å². The van der Waals surface area contributed by atoms with Crippen LogP contribution in [0.4, 0.5) is 0 Å². The maximum absolute atomic E-state index is 5.87. The van der Waals surface area contributed by atoms with Crippen LogP contribution < -0.4 is 8.43 Å². The van der Waals surface area contributed by atoms with Crippen LogP contribution in [0.1, 0.15) is 13.8 Å². The lowest BCUT2D eigenvalue weighted by Gasteiger charge is -2.12. The Morgan fingerprint density at radius 1 is 1.33 bits per heavy atom. The fourth-order valence-corrected chi connectivity index (χ4v) is 2.20. The summed E-state index contributed by atoms with van der Waals surface area (Å²) in [4.78, 5) is 0. The predicted octanol–water partition coefficient (Wildman–Crippen LogP) is 1.96. The number of benzene rings is 1. The quantitative estimate of drug-likeness (QED) is 0.669. The topological polar surface area (TPSA) is 9.23 Å². The lowest BCUT2D eigenvalue weighted by Crippen LogP contribution is -2.17. The van der Waals surface area contributed by atoms with Crippen LogP contribution in [0.5, 0.6) is 5.75 Å². The van der Waals surface area contributed by atoms with Gasteiger partial charge in [0.2, 0.25) is 0 Å². The van der Waals surface area contributed by atoms with Crippen molar-refractivity contribution in [3.05, 3.63) is 24.3 Å². The third-order valence-corrected chi connectivity index (χ3v) is 3.22. The number of halogens is 1. The Morgan fingerprint density at radius 3 is 2.58 bits per heavy atom. The highest BCUT2D eigenvalue weighted by Gasteiger charge is 2.04. The zero-order valence-corrected chi connectivity index (χ0v) is 9.55. The molecule has 0 atom stereocenters. The van der Waals surface area contributed by atoms with Crippen LogP contribution in [-0.4, -0.2) is 25.4 Å². The summed E-state index contributed by atoms with van der Waals surface area (Å²) in [6.07, 6.45) is 0.225. The molecule has 1 nitrogen and oxygen atoms in total. The highest BCUT2D eigenvalue weighted by atomic mass is 35.5. The Morgan fingerprint density at radius 2 is 2.00 bits per heavy atom. The average molecular weight is 195 g/mol.